The lowest BCUT2D eigenvalue weighted by Crippen LogP contribution is -2.18. The Balaban J connectivity index is 1.95. The molecule has 1 aliphatic rings. The molecule has 2 aromatic carbocycles. The molecule has 1 fully saturated rings. The monoisotopic (exact) mass is 325 g/mol. The van der Waals surface area contributed by atoms with E-state index in [-0.39, 0.29) is 12.0 Å². The minimum Gasteiger partial charge on any atom is -0.465 e. The lowest BCUT2D eigenvalue weighted by molar-refractivity contribution is 0.0601. The van der Waals surface area contributed by atoms with E-state index < -0.39 is 6.17 Å². The number of alkyl halides is 1. The number of halogens is 1. The van der Waals surface area contributed by atoms with Crippen molar-refractivity contribution in [3.8, 4) is 0 Å². The number of carbonyl (C=O) groups excluding carboxylic acids is 1. The zero-order valence-corrected chi connectivity index (χ0v) is 13.7. The Kier molecular flexibility index (Phi) is 3.75. The van der Waals surface area contributed by atoms with Crippen LogP contribution in [0.3, 0.4) is 0 Å². The molecule has 1 saturated carbocycles. The van der Waals surface area contributed by atoms with Gasteiger partial charge in [-0.15, -0.1) is 0 Å². The SMILES string of the molecule is COC(=O)c1ccc2c3ccccc3n([C@H]3CC[C@H](F)CC3)c2c1. The third kappa shape index (κ3) is 2.37. The van der Waals surface area contributed by atoms with Crippen LogP contribution in [0.5, 0.6) is 0 Å². The van der Waals surface area contributed by atoms with Crippen LogP contribution in [0.2, 0.25) is 0 Å². The number of rotatable bonds is 2. The van der Waals surface area contributed by atoms with Crippen LogP contribution in [-0.2, 0) is 4.74 Å². The van der Waals surface area contributed by atoms with Crippen LogP contribution < -0.4 is 0 Å². The highest BCUT2D eigenvalue weighted by atomic mass is 19.1. The van der Waals surface area contributed by atoms with Crippen molar-refractivity contribution < 1.29 is 13.9 Å². The Hall–Kier alpha value is -2.36. The molecule has 0 radical (unpaired) electrons. The van der Waals surface area contributed by atoms with E-state index in [4.69, 9.17) is 4.74 Å². The minimum absolute atomic E-state index is 0.271. The summed E-state index contributed by atoms with van der Waals surface area (Å²) in [5.74, 6) is -0.332. The van der Waals surface area contributed by atoms with Gasteiger partial charge < -0.3 is 9.30 Å². The van der Waals surface area contributed by atoms with E-state index in [1.165, 1.54) is 12.5 Å². The topological polar surface area (TPSA) is 31.2 Å². The highest BCUT2D eigenvalue weighted by Gasteiger charge is 2.25. The van der Waals surface area contributed by atoms with Gasteiger partial charge in [0, 0.05) is 22.3 Å². The standard InChI is InChI=1S/C20H20FNO2/c1-24-20(23)13-6-11-17-16-4-2-3-5-18(16)22(19(17)12-13)15-9-7-14(21)8-10-15/h2-6,11-12,14-15H,7-10H2,1H3/t14-,15-. The van der Waals surface area contributed by atoms with Gasteiger partial charge in [0.25, 0.3) is 0 Å². The van der Waals surface area contributed by atoms with Crippen molar-refractivity contribution in [2.75, 3.05) is 7.11 Å². The van der Waals surface area contributed by atoms with Crippen molar-refractivity contribution in [1.29, 1.82) is 0 Å². The molecule has 1 aliphatic carbocycles. The van der Waals surface area contributed by atoms with E-state index in [2.05, 4.69) is 16.7 Å². The molecule has 0 aliphatic heterocycles. The third-order valence-electron chi connectivity index (χ3n) is 5.12. The summed E-state index contributed by atoms with van der Waals surface area (Å²) < 4.78 is 20.7. The Labute approximate surface area is 140 Å². The van der Waals surface area contributed by atoms with Crippen molar-refractivity contribution in [3.63, 3.8) is 0 Å². The molecule has 3 nitrogen and oxygen atoms in total. The van der Waals surface area contributed by atoms with Crippen molar-refractivity contribution in [3.05, 3.63) is 48.0 Å². The third-order valence-corrected chi connectivity index (χ3v) is 5.12. The molecular formula is C20H20FNO2. The Morgan fingerprint density at radius 1 is 1.04 bits per heavy atom. The molecule has 0 atom stereocenters. The maximum Gasteiger partial charge on any atom is 0.337 e. The number of carbonyl (C=O) groups is 1. The molecule has 4 rings (SSSR count). The Morgan fingerprint density at radius 3 is 2.50 bits per heavy atom. The molecule has 124 valence electrons. The number of para-hydroxylation sites is 1. The minimum atomic E-state index is -0.681. The van der Waals surface area contributed by atoms with Gasteiger partial charge in [-0.05, 0) is 43.9 Å². The predicted octanol–water partition coefficient (Wildman–Crippen LogP) is 5.03. The largest absolute Gasteiger partial charge is 0.465 e. The number of hydrogen-bond acceptors (Lipinski definition) is 2. The molecule has 4 heteroatoms. The van der Waals surface area contributed by atoms with Gasteiger partial charge in [0.15, 0.2) is 0 Å². The molecule has 1 aromatic heterocycles. The van der Waals surface area contributed by atoms with Gasteiger partial charge >= 0.3 is 5.97 Å². The number of fused-ring (bicyclic) bond motifs is 3. The summed E-state index contributed by atoms with van der Waals surface area (Å²) in [4.78, 5) is 11.9. The number of nitrogens with zero attached hydrogens (tertiary/aromatic N) is 1. The van der Waals surface area contributed by atoms with E-state index in [9.17, 15) is 9.18 Å². The van der Waals surface area contributed by atoms with Gasteiger partial charge in [-0.1, -0.05) is 24.3 Å². The smallest absolute Gasteiger partial charge is 0.337 e. The summed E-state index contributed by atoms with van der Waals surface area (Å²) in [6.45, 7) is 0. The summed E-state index contributed by atoms with van der Waals surface area (Å²) >= 11 is 0. The average Bonchev–Trinajstić information content (AvgIpc) is 2.95. The summed E-state index contributed by atoms with van der Waals surface area (Å²) in [5, 5.41) is 2.30. The molecular weight excluding hydrogens is 305 g/mol. The predicted molar refractivity (Wildman–Crippen MR) is 93.2 cm³/mol. The van der Waals surface area contributed by atoms with E-state index >= 15 is 0 Å². The van der Waals surface area contributed by atoms with Crippen LogP contribution in [-0.4, -0.2) is 23.8 Å². The first-order valence-electron chi connectivity index (χ1n) is 8.44. The maximum atomic E-state index is 13.6. The van der Waals surface area contributed by atoms with Gasteiger partial charge in [-0.25, -0.2) is 9.18 Å². The average molecular weight is 325 g/mol. The molecule has 3 aromatic rings. The van der Waals surface area contributed by atoms with Gasteiger partial charge in [0.2, 0.25) is 0 Å². The van der Waals surface area contributed by atoms with Crippen molar-refractivity contribution in [1.82, 2.24) is 4.57 Å². The van der Waals surface area contributed by atoms with Crippen LogP contribution in [0.25, 0.3) is 21.8 Å². The summed E-state index contributed by atoms with van der Waals surface area (Å²) in [6.07, 6.45) is 2.19. The van der Waals surface area contributed by atoms with Crippen LogP contribution in [0.1, 0.15) is 42.1 Å². The van der Waals surface area contributed by atoms with E-state index in [0.717, 1.165) is 29.3 Å². The second-order valence-electron chi connectivity index (χ2n) is 6.52. The first-order valence-corrected chi connectivity index (χ1v) is 8.44. The second kappa shape index (κ2) is 5.93. The fourth-order valence-electron chi connectivity index (χ4n) is 3.93. The normalized spacial score (nSPS) is 21.2. The van der Waals surface area contributed by atoms with Crippen LogP contribution in [0, 0.1) is 0 Å². The van der Waals surface area contributed by atoms with Crippen molar-refractivity contribution in [2.24, 2.45) is 0 Å². The van der Waals surface area contributed by atoms with E-state index in [0.29, 0.717) is 18.4 Å². The zero-order valence-electron chi connectivity index (χ0n) is 13.7. The van der Waals surface area contributed by atoms with Crippen LogP contribution >= 0.6 is 0 Å². The lowest BCUT2D eigenvalue weighted by Gasteiger charge is -2.27. The van der Waals surface area contributed by atoms with Gasteiger partial charge in [0.1, 0.15) is 6.17 Å². The van der Waals surface area contributed by atoms with Gasteiger partial charge in [-0.3, -0.25) is 0 Å². The number of methoxy groups -OCH3 is 1. The highest BCUT2D eigenvalue weighted by molar-refractivity contribution is 6.09. The number of ether oxygens (including phenoxy) is 1. The first-order chi connectivity index (χ1) is 11.7. The molecule has 0 unspecified atom stereocenters. The summed E-state index contributed by atoms with van der Waals surface area (Å²) in [5.41, 5.74) is 2.73. The van der Waals surface area contributed by atoms with Crippen LogP contribution in [0.4, 0.5) is 4.39 Å². The van der Waals surface area contributed by atoms with Gasteiger partial charge in [0.05, 0.1) is 18.2 Å². The summed E-state index contributed by atoms with van der Waals surface area (Å²) in [7, 11) is 1.39. The maximum absolute atomic E-state index is 13.6. The number of aromatic nitrogens is 1. The van der Waals surface area contributed by atoms with E-state index in [1.54, 1.807) is 0 Å². The van der Waals surface area contributed by atoms with Crippen LogP contribution in [0.15, 0.2) is 42.5 Å². The molecule has 0 N–H and O–H groups in total. The zero-order chi connectivity index (χ0) is 16.7. The quantitative estimate of drug-likeness (QED) is 0.619. The first kappa shape index (κ1) is 15.2. The lowest BCUT2D eigenvalue weighted by atomic mass is 9.93. The molecule has 1 heterocycles. The van der Waals surface area contributed by atoms with E-state index in [1.807, 2.05) is 30.3 Å². The highest BCUT2D eigenvalue weighted by Crippen LogP contribution is 2.38. The Morgan fingerprint density at radius 2 is 1.75 bits per heavy atom. The molecule has 24 heavy (non-hydrogen) atoms. The van der Waals surface area contributed by atoms with Crippen molar-refractivity contribution in [2.45, 2.75) is 37.9 Å². The summed E-state index contributed by atoms with van der Waals surface area (Å²) in [6, 6.07) is 14.2. The van der Waals surface area contributed by atoms with Gasteiger partial charge in [-0.2, -0.15) is 0 Å². The molecule has 0 spiro atoms. The second-order valence-corrected chi connectivity index (χ2v) is 6.52. The molecule has 0 saturated heterocycles. The fourth-order valence-corrected chi connectivity index (χ4v) is 3.93. The number of benzene rings is 2. The fraction of sp³-hybridized carbons (Fsp3) is 0.350. The molecule has 0 amide bonds. The van der Waals surface area contributed by atoms with Crippen molar-refractivity contribution >= 4 is 27.8 Å². The number of esters is 1. The number of hydrogen-bond donors (Lipinski definition) is 0. The Bertz CT molecular complexity index is 907. The molecule has 0 bridgehead atoms.